The van der Waals surface area contributed by atoms with Gasteiger partial charge in [-0.25, -0.2) is 0 Å². The SMILES string of the molecule is CC(C)=CCC[C@](C)(O)[C@H]1CC[C@]2(C)[C@@H]1CC[C@@H]1[C@@]3(C)CCC(=O)C(C)(C)[C@@H]3CC[C@]12C. The number of ketones is 1. The van der Waals surface area contributed by atoms with Gasteiger partial charge in [-0.15, -0.1) is 0 Å². The van der Waals surface area contributed by atoms with E-state index >= 15 is 0 Å². The molecule has 2 nitrogen and oxygen atoms in total. The molecule has 1 N–H and O–H groups in total. The van der Waals surface area contributed by atoms with Crippen LogP contribution in [-0.4, -0.2) is 16.5 Å². The Hall–Kier alpha value is -0.630. The monoisotopic (exact) mass is 442 g/mol. The van der Waals surface area contributed by atoms with Crippen molar-refractivity contribution in [1.29, 1.82) is 0 Å². The Morgan fingerprint density at radius 3 is 2.28 bits per heavy atom. The van der Waals surface area contributed by atoms with E-state index in [2.05, 4.69) is 61.5 Å². The largest absolute Gasteiger partial charge is 0.390 e. The van der Waals surface area contributed by atoms with Crippen LogP contribution in [0.4, 0.5) is 0 Å². The Kier molecular flexibility index (Phi) is 5.89. The fraction of sp³-hybridized carbons (Fsp3) is 0.900. The summed E-state index contributed by atoms with van der Waals surface area (Å²) in [6.45, 7) is 18.7. The lowest BCUT2D eigenvalue weighted by atomic mass is 9.35. The van der Waals surface area contributed by atoms with E-state index in [0.717, 1.165) is 25.7 Å². The third kappa shape index (κ3) is 3.32. The summed E-state index contributed by atoms with van der Waals surface area (Å²) >= 11 is 0. The van der Waals surface area contributed by atoms with Crippen molar-refractivity contribution < 1.29 is 9.90 Å². The van der Waals surface area contributed by atoms with Gasteiger partial charge < -0.3 is 5.11 Å². The second-order valence-electron chi connectivity index (χ2n) is 14.1. The number of rotatable bonds is 4. The van der Waals surface area contributed by atoms with Crippen molar-refractivity contribution in [2.45, 2.75) is 125 Å². The summed E-state index contributed by atoms with van der Waals surface area (Å²) in [6.07, 6.45) is 13.5. The second kappa shape index (κ2) is 7.69. The summed E-state index contributed by atoms with van der Waals surface area (Å²) in [5.74, 6) is 2.78. The first kappa shape index (κ1) is 24.5. The molecular weight excluding hydrogens is 392 g/mol. The molecule has 0 radical (unpaired) electrons. The van der Waals surface area contributed by atoms with Crippen LogP contribution in [0.5, 0.6) is 0 Å². The standard InChI is InChI=1S/C30H50O2/c1-20(2)10-9-16-30(8,32)22-13-18-28(6)21(22)11-12-24-27(5)17-15-25(31)26(3,4)23(27)14-19-29(24,28)7/h10,21-24,32H,9,11-19H2,1-8H3/t21-,22+,23+,24-,27+,28-,29-,30+/m1/s1. The van der Waals surface area contributed by atoms with Crippen LogP contribution in [0.15, 0.2) is 11.6 Å². The molecule has 0 saturated heterocycles. The molecule has 0 aromatic rings. The maximum absolute atomic E-state index is 12.8. The minimum absolute atomic E-state index is 0.168. The average Bonchev–Trinajstić information content (AvgIpc) is 3.04. The van der Waals surface area contributed by atoms with Gasteiger partial charge in [-0.1, -0.05) is 46.3 Å². The fourth-order valence-corrected chi connectivity index (χ4v) is 10.1. The van der Waals surface area contributed by atoms with Gasteiger partial charge in [0.1, 0.15) is 5.78 Å². The van der Waals surface area contributed by atoms with Crippen LogP contribution in [-0.2, 0) is 4.79 Å². The average molecular weight is 443 g/mol. The zero-order valence-corrected chi connectivity index (χ0v) is 22.3. The molecule has 0 amide bonds. The summed E-state index contributed by atoms with van der Waals surface area (Å²) in [5, 5.41) is 11.6. The van der Waals surface area contributed by atoms with E-state index in [4.69, 9.17) is 0 Å². The van der Waals surface area contributed by atoms with E-state index in [9.17, 15) is 9.90 Å². The van der Waals surface area contributed by atoms with Crippen LogP contribution >= 0.6 is 0 Å². The van der Waals surface area contributed by atoms with Crippen molar-refractivity contribution in [3.8, 4) is 0 Å². The van der Waals surface area contributed by atoms with Crippen molar-refractivity contribution in [2.75, 3.05) is 0 Å². The van der Waals surface area contributed by atoms with E-state index in [1.807, 2.05) is 0 Å². The second-order valence-corrected chi connectivity index (χ2v) is 14.1. The number of hydrogen-bond acceptors (Lipinski definition) is 2. The quantitative estimate of drug-likeness (QED) is 0.452. The minimum atomic E-state index is -0.572. The molecule has 0 heterocycles. The molecule has 8 atom stereocenters. The Morgan fingerprint density at radius 1 is 0.969 bits per heavy atom. The molecular formula is C30H50O2. The molecule has 2 heteroatoms. The highest BCUT2D eigenvalue weighted by Crippen LogP contribution is 2.75. The summed E-state index contributed by atoms with van der Waals surface area (Å²) in [6, 6.07) is 0. The van der Waals surface area contributed by atoms with E-state index < -0.39 is 5.60 Å². The van der Waals surface area contributed by atoms with E-state index in [0.29, 0.717) is 40.3 Å². The fourth-order valence-electron chi connectivity index (χ4n) is 10.1. The van der Waals surface area contributed by atoms with Crippen molar-refractivity contribution >= 4 is 5.78 Å². The normalized spacial score (nSPS) is 47.1. The number of aliphatic hydroxyl groups is 1. The van der Waals surface area contributed by atoms with E-state index in [1.54, 1.807) is 0 Å². The molecule has 0 aliphatic heterocycles. The molecule has 0 bridgehead atoms. The Balaban J connectivity index is 1.62. The maximum atomic E-state index is 12.8. The Bertz CT molecular complexity index is 787. The first-order valence-corrected chi connectivity index (χ1v) is 13.6. The lowest BCUT2D eigenvalue weighted by molar-refractivity contribution is -0.207. The molecule has 0 aromatic carbocycles. The highest BCUT2D eigenvalue weighted by atomic mass is 16.3. The number of fused-ring (bicyclic) bond motifs is 5. The van der Waals surface area contributed by atoms with Crippen LogP contribution in [0.2, 0.25) is 0 Å². The molecule has 0 aromatic heterocycles. The van der Waals surface area contributed by atoms with E-state index in [-0.39, 0.29) is 10.8 Å². The van der Waals surface area contributed by atoms with Crippen molar-refractivity contribution in [3.05, 3.63) is 11.6 Å². The van der Waals surface area contributed by atoms with Crippen LogP contribution in [0, 0.1) is 45.3 Å². The number of carbonyl (C=O) groups is 1. The van der Waals surface area contributed by atoms with Crippen LogP contribution in [0.1, 0.15) is 120 Å². The third-order valence-electron chi connectivity index (χ3n) is 12.1. The number of Topliss-reactive ketones (excluding diaryl/α,β-unsaturated/α-hetero) is 1. The molecule has 4 fully saturated rings. The molecule has 4 rings (SSSR count). The molecule has 0 unspecified atom stereocenters. The smallest absolute Gasteiger partial charge is 0.138 e. The lowest BCUT2D eigenvalue weighted by Gasteiger charge is -2.69. The van der Waals surface area contributed by atoms with Crippen LogP contribution < -0.4 is 0 Å². The zero-order chi connectivity index (χ0) is 23.7. The van der Waals surface area contributed by atoms with Crippen molar-refractivity contribution in [1.82, 2.24) is 0 Å². The number of allylic oxidation sites excluding steroid dienone is 2. The van der Waals surface area contributed by atoms with Gasteiger partial charge in [0.2, 0.25) is 0 Å². The molecule has 4 aliphatic rings. The molecule has 182 valence electrons. The minimum Gasteiger partial charge on any atom is -0.390 e. The van der Waals surface area contributed by atoms with E-state index in [1.165, 1.54) is 44.1 Å². The highest BCUT2D eigenvalue weighted by molar-refractivity contribution is 5.85. The van der Waals surface area contributed by atoms with Gasteiger partial charge >= 0.3 is 0 Å². The topological polar surface area (TPSA) is 37.3 Å². The van der Waals surface area contributed by atoms with Gasteiger partial charge in [0.25, 0.3) is 0 Å². The molecule has 4 aliphatic carbocycles. The van der Waals surface area contributed by atoms with Crippen LogP contribution in [0.25, 0.3) is 0 Å². The Labute approximate surface area is 198 Å². The molecule has 4 saturated carbocycles. The summed E-state index contributed by atoms with van der Waals surface area (Å²) < 4.78 is 0. The first-order chi connectivity index (χ1) is 14.7. The van der Waals surface area contributed by atoms with Gasteiger partial charge in [0, 0.05) is 11.8 Å². The lowest BCUT2D eigenvalue weighted by Crippen LogP contribution is -2.63. The zero-order valence-electron chi connectivity index (χ0n) is 22.3. The molecule has 32 heavy (non-hydrogen) atoms. The number of hydrogen-bond donors (Lipinski definition) is 1. The summed E-state index contributed by atoms with van der Waals surface area (Å²) in [5.41, 5.74) is 1.52. The first-order valence-electron chi connectivity index (χ1n) is 13.6. The van der Waals surface area contributed by atoms with Crippen molar-refractivity contribution in [3.63, 3.8) is 0 Å². The van der Waals surface area contributed by atoms with Crippen LogP contribution in [0.3, 0.4) is 0 Å². The maximum Gasteiger partial charge on any atom is 0.138 e. The predicted molar refractivity (Wildman–Crippen MR) is 133 cm³/mol. The predicted octanol–water partition coefficient (Wildman–Crippen LogP) is 7.74. The number of carbonyl (C=O) groups excluding carboxylic acids is 1. The Morgan fingerprint density at radius 2 is 1.62 bits per heavy atom. The summed E-state index contributed by atoms with van der Waals surface area (Å²) in [7, 11) is 0. The van der Waals surface area contributed by atoms with Crippen molar-refractivity contribution in [2.24, 2.45) is 45.3 Å². The van der Waals surface area contributed by atoms with Gasteiger partial charge in [-0.3, -0.25) is 4.79 Å². The van der Waals surface area contributed by atoms with Gasteiger partial charge in [-0.2, -0.15) is 0 Å². The third-order valence-corrected chi connectivity index (χ3v) is 12.1. The highest BCUT2D eigenvalue weighted by Gasteiger charge is 2.69. The van der Waals surface area contributed by atoms with Gasteiger partial charge in [-0.05, 0) is 118 Å². The molecule has 0 spiro atoms. The summed E-state index contributed by atoms with van der Waals surface area (Å²) in [4.78, 5) is 12.8. The van der Waals surface area contributed by atoms with Gasteiger partial charge in [0.15, 0.2) is 0 Å². The van der Waals surface area contributed by atoms with Gasteiger partial charge in [0.05, 0.1) is 5.60 Å².